The van der Waals surface area contributed by atoms with Crippen LogP contribution < -0.4 is 0 Å². The average Bonchev–Trinajstić information content (AvgIpc) is 2.90. The fourth-order valence-electron chi connectivity index (χ4n) is 5.43. The molecule has 0 heterocycles. The molecule has 0 saturated carbocycles. The smallest absolute Gasteiger partial charge is 0.303 e. The molecule has 1 N–H and O–H groups in total. The highest BCUT2D eigenvalue weighted by atomic mass is 16.4. The van der Waals surface area contributed by atoms with Gasteiger partial charge in [-0.3, -0.25) is 4.79 Å². The lowest BCUT2D eigenvalue weighted by atomic mass is 10.0. The maximum atomic E-state index is 10.3. The Morgan fingerprint density at radius 2 is 0.625 bits per heavy atom. The summed E-state index contributed by atoms with van der Waals surface area (Å²) in [6.07, 6.45) is 40.6. The lowest BCUT2D eigenvalue weighted by molar-refractivity contribution is -0.870. The molecule has 0 saturated heterocycles. The molecule has 0 bridgehead atoms. The molecule has 0 aromatic rings. The maximum absolute atomic E-state index is 10.3. The van der Waals surface area contributed by atoms with E-state index >= 15 is 0 Å². The first-order chi connectivity index (χ1) is 19.3. The largest absolute Gasteiger partial charge is 0.481 e. The number of hydrogen-bond donors (Lipinski definition) is 1. The number of aliphatic carboxylic acids is 1. The quantitative estimate of drug-likeness (QED) is 0.0667. The highest BCUT2D eigenvalue weighted by Crippen LogP contribution is 2.15. The standard InChI is InChI=1S/C19H42N.C18H36O2/c1-5-6-7-8-9-10-11-12-13-14-15-16-17-18-19-20(2,3)4;1-2-3-4-5-6-7-8-9-10-11-12-13-14-15-16-17-18(19)20/h5-19H2,1-4H3;2-17H2,1H3,(H,19,20)/q+1;. The Balaban J connectivity index is 0. The topological polar surface area (TPSA) is 37.3 Å². The SMILES string of the molecule is CCCCCCCCCCCCCCCCCC(=O)O.CCCCCCCCCCCCCCCC[N+](C)(C)C. The first kappa shape index (κ1) is 41.6. The van der Waals surface area contributed by atoms with Crippen molar-refractivity contribution in [3.05, 3.63) is 0 Å². The van der Waals surface area contributed by atoms with Crippen LogP contribution in [0.15, 0.2) is 0 Å². The lowest BCUT2D eigenvalue weighted by Gasteiger charge is -2.23. The summed E-state index contributed by atoms with van der Waals surface area (Å²) in [6, 6.07) is 0. The van der Waals surface area contributed by atoms with Crippen LogP contribution in [0.1, 0.15) is 206 Å². The minimum absolute atomic E-state index is 0.345. The van der Waals surface area contributed by atoms with Gasteiger partial charge in [-0.25, -0.2) is 0 Å². The first-order valence-corrected chi connectivity index (χ1v) is 18.4. The number of unbranched alkanes of at least 4 members (excludes halogenated alkanes) is 27. The lowest BCUT2D eigenvalue weighted by Crippen LogP contribution is -2.35. The van der Waals surface area contributed by atoms with Gasteiger partial charge in [-0.05, 0) is 19.3 Å². The Morgan fingerprint density at radius 3 is 0.850 bits per heavy atom. The van der Waals surface area contributed by atoms with E-state index in [1.807, 2.05) is 0 Å². The van der Waals surface area contributed by atoms with Crippen LogP contribution in [0.25, 0.3) is 0 Å². The Morgan fingerprint density at radius 1 is 0.400 bits per heavy atom. The summed E-state index contributed by atoms with van der Waals surface area (Å²) in [5, 5.41) is 8.52. The highest BCUT2D eigenvalue weighted by molar-refractivity contribution is 5.66. The van der Waals surface area contributed by atoms with Crippen LogP contribution >= 0.6 is 0 Å². The summed E-state index contributed by atoms with van der Waals surface area (Å²) in [6.45, 7) is 5.90. The molecule has 3 nitrogen and oxygen atoms in total. The summed E-state index contributed by atoms with van der Waals surface area (Å²) in [7, 11) is 6.88. The fraction of sp³-hybridized carbons (Fsp3) is 0.973. The molecule has 0 radical (unpaired) electrons. The van der Waals surface area contributed by atoms with Gasteiger partial charge in [0.15, 0.2) is 0 Å². The molecule has 0 spiro atoms. The summed E-state index contributed by atoms with van der Waals surface area (Å²) >= 11 is 0. The molecule has 0 aliphatic rings. The predicted molar refractivity (Wildman–Crippen MR) is 180 cm³/mol. The second kappa shape index (κ2) is 34.6. The van der Waals surface area contributed by atoms with Crippen LogP contribution in [0.5, 0.6) is 0 Å². The zero-order valence-corrected chi connectivity index (χ0v) is 28.7. The predicted octanol–water partition coefficient (Wildman–Crippen LogP) is 12.5. The van der Waals surface area contributed by atoms with Crippen molar-refractivity contribution < 1.29 is 14.4 Å². The number of quaternary nitrogens is 1. The van der Waals surface area contributed by atoms with Crippen molar-refractivity contribution in [1.29, 1.82) is 0 Å². The Hall–Kier alpha value is -0.570. The summed E-state index contributed by atoms with van der Waals surface area (Å²) < 4.78 is 1.12. The normalized spacial score (nSPS) is 11.4. The third kappa shape index (κ3) is 44.4. The van der Waals surface area contributed by atoms with Gasteiger partial charge in [-0.15, -0.1) is 0 Å². The van der Waals surface area contributed by atoms with Gasteiger partial charge < -0.3 is 9.59 Å². The van der Waals surface area contributed by atoms with E-state index in [0.717, 1.165) is 17.3 Å². The van der Waals surface area contributed by atoms with Gasteiger partial charge in [0.25, 0.3) is 0 Å². The molecule has 0 fully saturated rings. The molecule has 0 aliphatic heterocycles. The number of hydrogen-bond acceptors (Lipinski definition) is 1. The van der Waals surface area contributed by atoms with Crippen molar-refractivity contribution in [2.24, 2.45) is 0 Å². The Labute approximate surface area is 254 Å². The number of carboxylic acids is 1. The van der Waals surface area contributed by atoms with Crippen molar-refractivity contribution >= 4 is 5.97 Å². The van der Waals surface area contributed by atoms with Crippen LogP contribution in [0, 0.1) is 0 Å². The van der Waals surface area contributed by atoms with Gasteiger partial charge in [-0.1, -0.05) is 181 Å². The van der Waals surface area contributed by atoms with Crippen LogP contribution in [0.3, 0.4) is 0 Å². The van der Waals surface area contributed by atoms with E-state index in [0.29, 0.717) is 6.42 Å². The summed E-state index contributed by atoms with van der Waals surface area (Å²) in [5.41, 5.74) is 0. The summed E-state index contributed by atoms with van der Waals surface area (Å²) in [4.78, 5) is 10.3. The Bertz CT molecular complexity index is 471. The van der Waals surface area contributed by atoms with E-state index in [9.17, 15) is 4.79 Å². The second-order valence-electron chi connectivity index (χ2n) is 13.7. The van der Waals surface area contributed by atoms with E-state index in [-0.39, 0.29) is 0 Å². The third-order valence-electron chi connectivity index (χ3n) is 8.18. The van der Waals surface area contributed by atoms with Gasteiger partial charge in [0.05, 0.1) is 27.7 Å². The second-order valence-corrected chi connectivity index (χ2v) is 13.7. The molecule has 0 amide bonds. The van der Waals surface area contributed by atoms with Gasteiger partial charge in [0, 0.05) is 6.42 Å². The average molecular weight is 569 g/mol. The number of carboxylic acid groups (broad SMARTS) is 1. The van der Waals surface area contributed by atoms with Crippen molar-refractivity contribution in [2.75, 3.05) is 27.7 Å². The van der Waals surface area contributed by atoms with Crippen molar-refractivity contribution in [2.45, 2.75) is 206 Å². The molecule has 0 aliphatic carbocycles. The maximum Gasteiger partial charge on any atom is 0.303 e. The van der Waals surface area contributed by atoms with E-state index in [2.05, 4.69) is 35.0 Å². The Kier molecular flexibility index (Phi) is 36.0. The minimum Gasteiger partial charge on any atom is -0.481 e. The van der Waals surface area contributed by atoms with E-state index in [1.54, 1.807) is 0 Å². The zero-order chi connectivity index (χ0) is 30.0. The minimum atomic E-state index is -0.653. The molecule has 0 aromatic carbocycles. The number of nitrogens with zero attached hydrogens (tertiary/aromatic N) is 1. The van der Waals surface area contributed by atoms with Crippen molar-refractivity contribution in [1.82, 2.24) is 0 Å². The molecular weight excluding hydrogens is 490 g/mol. The van der Waals surface area contributed by atoms with Gasteiger partial charge in [-0.2, -0.15) is 0 Å². The molecule has 0 aromatic heterocycles. The monoisotopic (exact) mass is 569 g/mol. The van der Waals surface area contributed by atoms with Gasteiger partial charge >= 0.3 is 5.97 Å². The molecule has 242 valence electrons. The van der Waals surface area contributed by atoms with Crippen molar-refractivity contribution in [3.8, 4) is 0 Å². The number of rotatable bonds is 31. The van der Waals surface area contributed by atoms with Crippen LogP contribution in [0.4, 0.5) is 0 Å². The van der Waals surface area contributed by atoms with E-state index < -0.39 is 5.97 Å². The fourth-order valence-corrected chi connectivity index (χ4v) is 5.43. The highest BCUT2D eigenvalue weighted by Gasteiger charge is 2.05. The first-order valence-electron chi connectivity index (χ1n) is 18.4. The number of carbonyl (C=O) groups is 1. The molecule has 0 atom stereocenters. The molecule has 3 heteroatoms. The van der Waals surface area contributed by atoms with E-state index in [1.165, 1.54) is 180 Å². The summed E-state index contributed by atoms with van der Waals surface area (Å²) in [5.74, 6) is -0.653. The van der Waals surface area contributed by atoms with E-state index in [4.69, 9.17) is 5.11 Å². The van der Waals surface area contributed by atoms with Crippen molar-refractivity contribution in [3.63, 3.8) is 0 Å². The zero-order valence-electron chi connectivity index (χ0n) is 28.7. The molecule has 0 unspecified atom stereocenters. The van der Waals surface area contributed by atoms with Crippen LogP contribution in [-0.4, -0.2) is 43.2 Å². The molecule has 0 rings (SSSR count). The van der Waals surface area contributed by atoms with Gasteiger partial charge in [0.2, 0.25) is 0 Å². The molecule has 40 heavy (non-hydrogen) atoms. The van der Waals surface area contributed by atoms with Gasteiger partial charge in [0.1, 0.15) is 0 Å². The third-order valence-corrected chi connectivity index (χ3v) is 8.18. The molecular formula is C37H78NO2+. The van der Waals surface area contributed by atoms with Crippen LogP contribution in [-0.2, 0) is 4.79 Å². The van der Waals surface area contributed by atoms with Crippen LogP contribution in [0.2, 0.25) is 0 Å².